The first-order chi connectivity index (χ1) is 39.7. The summed E-state index contributed by atoms with van der Waals surface area (Å²) in [6, 6.07) is 0. The molecule has 28 nitrogen and oxygen atoms in total. The molecule has 2 heterocycles. The van der Waals surface area contributed by atoms with E-state index in [1.54, 1.807) is 20.8 Å². The molecule has 0 radical (unpaired) electrons. The largest absolute Gasteiger partial charge is 0.396 e. The van der Waals surface area contributed by atoms with E-state index < -0.39 is 104 Å². The normalized spacial score (nSPS) is 29.0. The van der Waals surface area contributed by atoms with E-state index in [-0.39, 0.29) is 166 Å². The number of hydrogen-bond acceptors (Lipinski definition) is 23. The average molecular weight is 1200 g/mol. The molecular weight excluding hydrogens is 1100 g/mol. The number of hydrogen-bond donors (Lipinski definition) is 14. The van der Waals surface area contributed by atoms with Gasteiger partial charge in [0.1, 0.15) is 30.0 Å². The number of aliphatic hydroxyl groups is 9. The van der Waals surface area contributed by atoms with Gasteiger partial charge in [0.05, 0.1) is 103 Å². The van der Waals surface area contributed by atoms with Gasteiger partial charge in [0.2, 0.25) is 29.5 Å². The first-order valence-electron chi connectivity index (χ1n) is 29.5. The highest BCUT2D eigenvalue weighted by Gasteiger charge is 2.44. The molecule has 83 heavy (non-hydrogen) atoms. The van der Waals surface area contributed by atoms with Crippen molar-refractivity contribution in [3.05, 3.63) is 0 Å². The summed E-state index contributed by atoms with van der Waals surface area (Å²) in [6.07, 6.45) is -8.97. The zero-order valence-electron chi connectivity index (χ0n) is 49.3. The number of carbonyl (C=O) groups excluding carboxylic acids is 5. The number of aliphatic hydroxyl groups excluding tert-OH is 9. The molecule has 1 aliphatic carbocycles. The van der Waals surface area contributed by atoms with Gasteiger partial charge in [0.25, 0.3) is 0 Å². The third kappa shape index (κ3) is 27.5. The van der Waals surface area contributed by atoms with Crippen LogP contribution in [-0.4, -0.2) is 267 Å². The molecule has 6 unspecified atom stereocenters. The number of amides is 5. The van der Waals surface area contributed by atoms with Gasteiger partial charge >= 0.3 is 0 Å². The van der Waals surface area contributed by atoms with Crippen molar-refractivity contribution >= 4 is 29.5 Å². The van der Waals surface area contributed by atoms with E-state index in [1.165, 1.54) is 0 Å². The fourth-order valence-electron chi connectivity index (χ4n) is 9.49. The van der Waals surface area contributed by atoms with Crippen molar-refractivity contribution < 1.29 is 113 Å². The van der Waals surface area contributed by atoms with E-state index in [0.29, 0.717) is 45.3 Å². The van der Waals surface area contributed by atoms with Gasteiger partial charge in [-0.3, -0.25) is 24.0 Å². The van der Waals surface area contributed by atoms with E-state index in [2.05, 4.69) is 26.6 Å². The van der Waals surface area contributed by atoms with Crippen LogP contribution in [0.4, 0.5) is 0 Å². The summed E-state index contributed by atoms with van der Waals surface area (Å²) >= 11 is 0. The molecule has 14 N–H and O–H groups in total. The van der Waals surface area contributed by atoms with Crippen molar-refractivity contribution in [2.75, 3.05) is 112 Å². The van der Waals surface area contributed by atoms with E-state index in [0.717, 1.165) is 0 Å². The van der Waals surface area contributed by atoms with Gasteiger partial charge in [-0.1, -0.05) is 20.8 Å². The zero-order chi connectivity index (χ0) is 61.3. The predicted molar refractivity (Wildman–Crippen MR) is 294 cm³/mol. The molecule has 2 aliphatic heterocycles. The Labute approximate surface area is 487 Å². The molecule has 0 bridgehead atoms. The van der Waals surface area contributed by atoms with E-state index in [1.807, 2.05) is 13.8 Å². The molecule has 3 rings (SSSR count). The topological polar surface area (TPSA) is 411 Å². The summed E-state index contributed by atoms with van der Waals surface area (Å²) < 4.78 is 52.2. The quantitative estimate of drug-likeness (QED) is 0.0265. The molecule has 3 aliphatic rings. The lowest BCUT2D eigenvalue weighted by Gasteiger charge is -2.40. The van der Waals surface area contributed by atoms with Crippen molar-refractivity contribution in [3.63, 3.8) is 0 Å². The highest BCUT2D eigenvalue weighted by Crippen LogP contribution is 2.32. The first-order valence-corrected chi connectivity index (χ1v) is 29.5. The van der Waals surface area contributed by atoms with Crippen LogP contribution in [0.3, 0.4) is 0 Å². The van der Waals surface area contributed by atoms with Crippen LogP contribution in [0, 0.1) is 23.7 Å². The fraction of sp³-hybridized carbons (Fsp3) is 0.909. The molecule has 0 aromatic heterocycles. The third-order valence-electron chi connectivity index (χ3n) is 14.8. The van der Waals surface area contributed by atoms with Crippen molar-refractivity contribution in [1.29, 1.82) is 0 Å². The maximum atomic E-state index is 13.7. The highest BCUT2D eigenvalue weighted by molar-refractivity contribution is 5.79. The average Bonchev–Trinajstić information content (AvgIpc) is 3.67. The second-order valence-electron chi connectivity index (χ2n) is 22.1. The maximum Gasteiger partial charge on any atom is 0.222 e. The molecular formula is C55H101N5O23. The van der Waals surface area contributed by atoms with Gasteiger partial charge in [-0.15, -0.1) is 0 Å². The zero-order valence-corrected chi connectivity index (χ0v) is 49.3. The van der Waals surface area contributed by atoms with Crippen LogP contribution >= 0.6 is 0 Å². The van der Waals surface area contributed by atoms with Crippen molar-refractivity contribution in [3.8, 4) is 0 Å². The molecule has 3 fully saturated rings. The number of carbonyl (C=O) groups is 5. The first kappa shape index (κ1) is 73.9. The lowest BCUT2D eigenvalue weighted by molar-refractivity contribution is -0.282. The molecule has 0 aromatic rings. The lowest BCUT2D eigenvalue weighted by atomic mass is 9.77. The Morgan fingerprint density at radius 3 is 1.27 bits per heavy atom. The Balaban J connectivity index is 1.60. The Morgan fingerprint density at radius 1 is 0.470 bits per heavy atom. The molecule has 15 atom stereocenters. The minimum absolute atomic E-state index is 0.0612. The molecule has 0 aromatic carbocycles. The van der Waals surface area contributed by atoms with Crippen molar-refractivity contribution in [2.24, 2.45) is 23.7 Å². The SMILES string of the molecule is CC(C)OCCCNC(=O)CCCC(=O)NC(COCCC(=O)NCCCO[C@@H]1OC(CO)[C@H](O)[C@H](O)C1C)(COCCC(=O)NCCCO[C@@H]1OC(CO)[C@H](O)[C@H](O)C1C)COCCC(=O)NCCCO[C@@H]1CC(CO)[C@H](O)[C@H](O)C1C. The van der Waals surface area contributed by atoms with Crippen molar-refractivity contribution in [1.82, 2.24) is 26.6 Å². The molecule has 0 spiro atoms. The van der Waals surface area contributed by atoms with Crippen molar-refractivity contribution in [2.45, 2.75) is 184 Å². The Morgan fingerprint density at radius 2 is 0.855 bits per heavy atom. The third-order valence-corrected chi connectivity index (χ3v) is 14.8. The standard InChI is InChI=1S/C55H101N5O23/c1-34(2)78-20-7-16-56-42(64)11-6-12-46(68)60-55(31-75-24-13-43(65)57-17-8-21-79-39-27-38(28-61)50(72)47(69)35(39)3,32-76-25-14-44(66)58-18-9-22-80-53-36(4)48(70)51(73)40(29-62)82-53)33-77-26-15-45(67)59-19-10-23-81-54-37(5)49(71)52(74)41(30-63)83-54/h34-41,47-54,61-63,69-74H,6-33H2,1-5H3,(H,56,64)(H,57,65)(H,58,66)(H,59,67)(H,60,68)/t35?,36?,37?,38?,39-,40?,41?,47-,48-,49-,50+,51+,52+,53-,54-,55?/m1/s1. The number of ether oxygens (including phenoxy) is 9. The van der Waals surface area contributed by atoms with Crippen LogP contribution < -0.4 is 26.6 Å². The number of nitrogens with one attached hydrogen (secondary N) is 5. The smallest absolute Gasteiger partial charge is 0.222 e. The second kappa shape index (κ2) is 40.9. The van der Waals surface area contributed by atoms with Crippen LogP contribution in [0.5, 0.6) is 0 Å². The van der Waals surface area contributed by atoms with Crippen LogP contribution in [0.25, 0.3) is 0 Å². The highest BCUT2D eigenvalue weighted by atomic mass is 16.7. The Kier molecular flexibility index (Phi) is 36.4. The van der Waals surface area contributed by atoms with Crippen LogP contribution in [0.2, 0.25) is 0 Å². The summed E-state index contributed by atoms with van der Waals surface area (Å²) in [6.45, 7) is 8.61. The van der Waals surface area contributed by atoms with E-state index in [4.69, 9.17) is 42.6 Å². The minimum atomic E-state index is -1.44. The maximum absolute atomic E-state index is 13.7. The number of rotatable bonds is 43. The van der Waals surface area contributed by atoms with Gasteiger partial charge < -0.3 is 115 Å². The molecule has 28 heteroatoms. The van der Waals surface area contributed by atoms with Gasteiger partial charge in [-0.25, -0.2) is 0 Å². The molecule has 484 valence electrons. The van der Waals surface area contributed by atoms with Crippen LogP contribution in [0.15, 0.2) is 0 Å². The van der Waals surface area contributed by atoms with E-state index >= 15 is 0 Å². The minimum Gasteiger partial charge on any atom is -0.396 e. The molecule has 2 saturated heterocycles. The van der Waals surface area contributed by atoms with Gasteiger partial charge in [-0.05, 0) is 52.4 Å². The molecule has 5 amide bonds. The van der Waals surface area contributed by atoms with Gasteiger partial charge in [-0.2, -0.15) is 0 Å². The molecule has 1 saturated carbocycles. The van der Waals surface area contributed by atoms with Crippen LogP contribution in [0.1, 0.15) is 105 Å². The lowest BCUT2D eigenvalue weighted by Crippen LogP contribution is -2.58. The van der Waals surface area contributed by atoms with Crippen LogP contribution in [-0.2, 0) is 66.6 Å². The fourth-order valence-corrected chi connectivity index (χ4v) is 9.49. The summed E-state index contributed by atoms with van der Waals surface area (Å²) in [5.41, 5.74) is -1.44. The van der Waals surface area contributed by atoms with Gasteiger partial charge in [0, 0.05) is 102 Å². The predicted octanol–water partition coefficient (Wildman–Crippen LogP) is -3.38. The van der Waals surface area contributed by atoms with Gasteiger partial charge in [0.15, 0.2) is 12.6 Å². The Hall–Kier alpha value is -3.37. The monoisotopic (exact) mass is 1200 g/mol. The summed E-state index contributed by atoms with van der Waals surface area (Å²) in [7, 11) is 0. The second-order valence-corrected chi connectivity index (χ2v) is 22.1. The summed E-state index contributed by atoms with van der Waals surface area (Å²) in [5.74, 6) is -3.81. The summed E-state index contributed by atoms with van der Waals surface area (Å²) in [4.78, 5) is 65.1. The Bertz CT molecular complexity index is 1660. The summed E-state index contributed by atoms with van der Waals surface area (Å²) in [5, 5.41) is 104. The van der Waals surface area contributed by atoms with E-state index in [9.17, 15) is 69.9 Å².